The van der Waals surface area contributed by atoms with Crippen molar-refractivity contribution in [3.63, 3.8) is 0 Å². The van der Waals surface area contributed by atoms with Gasteiger partial charge in [-0.1, -0.05) is 54.6 Å². The van der Waals surface area contributed by atoms with Crippen molar-refractivity contribution in [2.75, 3.05) is 0 Å². The molecule has 3 N–H and O–H groups in total. The van der Waals surface area contributed by atoms with Gasteiger partial charge in [-0.15, -0.1) is 0 Å². The zero-order valence-electron chi connectivity index (χ0n) is 18.3. The number of aromatic amines is 2. The maximum Gasteiger partial charge on any atom is 0.326 e. The fraction of sp³-hybridized carbons (Fsp3) is 0.154. The van der Waals surface area contributed by atoms with Crippen LogP contribution in [0.2, 0.25) is 0 Å². The van der Waals surface area contributed by atoms with E-state index >= 15 is 0 Å². The lowest BCUT2D eigenvalue weighted by atomic mass is 10.0. The molecule has 8 nitrogen and oxygen atoms in total. The molecule has 0 saturated heterocycles. The van der Waals surface area contributed by atoms with Gasteiger partial charge in [-0.2, -0.15) is 9.61 Å². The summed E-state index contributed by atoms with van der Waals surface area (Å²) in [5.74, 6) is -0.220. The fourth-order valence-electron chi connectivity index (χ4n) is 3.99. The minimum atomic E-state index is -0.475. The minimum Gasteiger partial charge on any atom is -0.493 e. The van der Waals surface area contributed by atoms with Crippen molar-refractivity contribution in [3.8, 4) is 17.0 Å². The molecule has 8 heteroatoms. The Kier molecular flexibility index (Phi) is 4.83. The molecule has 2 aromatic carbocycles. The molecule has 3 heterocycles. The highest BCUT2D eigenvalue weighted by atomic mass is 16.3. The van der Waals surface area contributed by atoms with Crippen molar-refractivity contribution in [1.82, 2.24) is 24.6 Å². The van der Waals surface area contributed by atoms with Gasteiger partial charge >= 0.3 is 5.69 Å². The molecule has 5 aromatic rings. The van der Waals surface area contributed by atoms with E-state index in [0.717, 1.165) is 29.6 Å². The Balaban J connectivity index is 1.41. The molecule has 0 radical (unpaired) electrons. The van der Waals surface area contributed by atoms with Crippen LogP contribution in [0.25, 0.3) is 22.9 Å². The van der Waals surface area contributed by atoms with Gasteiger partial charge < -0.3 is 10.1 Å². The zero-order chi connectivity index (χ0) is 23.1. The fourth-order valence-corrected chi connectivity index (χ4v) is 3.99. The predicted octanol–water partition coefficient (Wildman–Crippen LogP) is 2.32. The largest absolute Gasteiger partial charge is 0.493 e. The van der Waals surface area contributed by atoms with Crippen LogP contribution in [0.15, 0.2) is 76.6 Å². The second-order valence-electron chi connectivity index (χ2n) is 8.53. The topological polar surface area (TPSA) is 111 Å². The third-order valence-electron chi connectivity index (χ3n) is 5.88. The van der Waals surface area contributed by atoms with E-state index in [4.69, 9.17) is 9.98 Å². The number of nitrogens with one attached hydrogen (secondary N) is 2. The minimum absolute atomic E-state index is 0.220. The second kappa shape index (κ2) is 8.15. The van der Waals surface area contributed by atoms with Gasteiger partial charge in [0.05, 0.1) is 17.9 Å². The second-order valence-corrected chi connectivity index (χ2v) is 8.53. The molecule has 1 aliphatic carbocycles. The van der Waals surface area contributed by atoms with Crippen molar-refractivity contribution < 1.29 is 5.11 Å². The average Bonchev–Trinajstić information content (AvgIpc) is 3.48. The van der Waals surface area contributed by atoms with E-state index in [9.17, 15) is 9.90 Å². The quantitative estimate of drug-likeness (QED) is 0.382. The monoisotopic (exact) mass is 450 g/mol. The van der Waals surface area contributed by atoms with Crippen LogP contribution in [0.5, 0.6) is 5.88 Å². The Morgan fingerprint density at radius 1 is 1.06 bits per heavy atom. The first-order valence-electron chi connectivity index (χ1n) is 11.2. The van der Waals surface area contributed by atoms with Crippen molar-refractivity contribution in [2.45, 2.75) is 25.3 Å². The molecule has 6 rings (SSSR count). The van der Waals surface area contributed by atoms with Crippen LogP contribution < -0.4 is 16.4 Å². The number of H-pyrrole nitrogens is 2. The molecule has 0 bridgehead atoms. The van der Waals surface area contributed by atoms with E-state index in [1.165, 1.54) is 11.1 Å². The van der Waals surface area contributed by atoms with Gasteiger partial charge in [0.2, 0.25) is 5.88 Å². The normalized spacial score (nSPS) is 14.8. The molecule has 0 atom stereocenters. The van der Waals surface area contributed by atoms with Crippen LogP contribution in [0.1, 0.15) is 29.8 Å². The highest BCUT2D eigenvalue weighted by Crippen LogP contribution is 2.23. The van der Waals surface area contributed by atoms with Gasteiger partial charge in [0.15, 0.2) is 11.1 Å². The molecule has 34 heavy (non-hydrogen) atoms. The number of nitrogens with zero attached hydrogens (tertiary/aromatic N) is 4. The molecule has 1 aliphatic rings. The van der Waals surface area contributed by atoms with Gasteiger partial charge in [0, 0.05) is 17.7 Å². The van der Waals surface area contributed by atoms with Gasteiger partial charge in [-0.3, -0.25) is 9.98 Å². The zero-order valence-corrected chi connectivity index (χ0v) is 18.3. The van der Waals surface area contributed by atoms with Gasteiger partial charge in [0.25, 0.3) is 0 Å². The Morgan fingerprint density at radius 2 is 1.82 bits per heavy atom. The van der Waals surface area contributed by atoms with Crippen LogP contribution in [0.3, 0.4) is 0 Å². The van der Waals surface area contributed by atoms with Crippen LogP contribution in [0, 0.1) is 0 Å². The number of hydrogen-bond donors (Lipinski definition) is 3. The molecule has 0 spiro atoms. The number of aromatic nitrogens is 5. The molecule has 0 unspecified atom stereocenters. The summed E-state index contributed by atoms with van der Waals surface area (Å²) in [6.45, 7) is 0. The number of hydrogen-bond acceptors (Lipinski definition) is 5. The van der Waals surface area contributed by atoms with E-state index < -0.39 is 5.69 Å². The molecule has 0 amide bonds. The molecular formula is C26H22N6O2. The molecule has 168 valence electrons. The average molecular weight is 451 g/mol. The first kappa shape index (κ1) is 20.2. The summed E-state index contributed by atoms with van der Waals surface area (Å²) in [4.78, 5) is 26.1. The van der Waals surface area contributed by atoms with Crippen LogP contribution in [-0.2, 0) is 6.42 Å². The number of benzene rings is 2. The van der Waals surface area contributed by atoms with Gasteiger partial charge in [-0.25, -0.2) is 9.78 Å². The van der Waals surface area contributed by atoms with Gasteiger partial charge in [0.1, 0.15) is 5.69 Å². The van der Waals surface area contributed by atoms with Crippen LogP contribution in [-0.4, -0.2) is 35.7 Å². The maximum absolute atomic E-state index is 11.5. The summed E-state index contributed by atoms with van der Waals surface area (Å²) < 4.78 is 1.72. The SMILES string of the molecule is O=c1[nH]c(O)c(C=c2cnn3c(=NC4CC4)cc(Cc4ccc(-c5ccccc5)cc4)nc23)[nH]1. The summed E-state index contributed by atoms with van der Waals surface area (Å²) in [6, 6.07) is 21.1. The lowest BCUT2D eigenvalue weighted by molar-refractivity contribution is 0.454. The maximum atomic E-state index is 11.5. The number of fused-ring (bicyclic) bond motifs is 1. The molecular weight excluding hydrogens is 428 g/mol. The Labute approximate surface area is 194 Å². The van der Waals surface area contributed by atoms with Crippen molar-refractivity contribution in [3.05, 3.63) is 105 Å². The summed E-state index contributed by atoms with van der Waals surface area (Å²) >= 11 is 0. The first-order valence-corrected chi connectivity index (χ1v) is 11.2. The molecule has 1 saturated carbocycles. The Hall–Kier alpha value is -4.46. The lowest BCUT2D eigenvalue weighted by Gasteiger charge is -2.06. The van der Waals surface area contributed by atoms with E-state index in [2.05, 4.69) is 51.5 Å². The van der Waals surface area contributed by atoms with Crippen molar-refractivity contribution in [1.29, 1.82) is 0 Å². The smallest absolute Gasteiger partial charge is 0.326 e. The van der Waals surface area contributed by atoms with Crippen LogP contribution >= 0.6 is 0 Å². The highest BCUT2D eigenvalue weighted by Gasteiger charge is 2.20. The number of imidazole rings is 1. The first-order chi connectivity index (χ1) is 16.6. The summed E-state index contributed by atoms with van der Waals surface area (Å²) in [5.41, 5.74) is 5.57. The number of aromatic hydroxyl groups is 1. The summed E-state index contributed by atoms with van der Waals surface area (Å²) in [5, 5.41) is 15.1. The van der Waals surface area contributed by atoms with Crippen molar-refractivity contribution in [2.24, 2.45) is 4.99 Å². The Morgan fingerprint density at radius 3 is 2.53 bits per heavy atom. The number of rotatable bonds is 5. The van der Waals surface area contributed by atoms with E-state index in [1.807, 2.05) is 24.3 Å². The Bertz CT molecular complexity index is 1660. The van der Waals surface area contributed by atoms with E-state index in [-0.39, 0.29) is 11.6 Å². The molecule has 0 aliphatic heterocycles. The van der Waals surface area contributed by atoms with Crippen molar-refractivity contribution >= 4 is 11.7 Å². The highest BCUT2D eigenvalue weighted by molar-refractivity contribution is 5.63. The predicted molar refractivity (Wildman–Crippen MR) is 128 cm³/mol. The van der Waals surface area contributed by atoms with E-state index in [0.29, 0.717) is 23.3 Å². The third-order valence-corrected chi connectivity index (χ3v) is 5.88. The third kappa shape index (κ3) is 4.01. The lowest BCUT2D eigenvalue weighted by Crippen LogP contribution is -2.20. The standard InChI is InChI=1S/C26H22N6O2/c33-25-22(30-26(34)31-25)13-19-15-27-32-23(28-20-10-11-20)14-21(29-24(19)32)12-16-6-8-18(9-7-16)17-4-2-1-3-5-17/h1-9,13-15,20,33H,10-12H2,(H2,30,31,34). The van der Waals surface area contributed by atoms with Crippen LogP contribution in [0.4, 0.5) is 0 Å². The summed E-state index contributed by atoms with van der Waals surface area (Å²) in [7, 11) is 0. The van der Waals surface area contributed by atoms with E-state index in [1.54, 1.807) is 16.8 Å². The molecule has 3 aromatic heterocycles. The summed E-state index contributed by atoms with van der Waals surface area (Å²) in [6.07, 6.45) is 6.13. The molecule has 1 fully saturated rings. The van der Waals surface area contributed by atoms with Gasteiger partial charge in [-0.05, 0) is 35.6 Å².